The van der Waals surface area contributed by atoms with Gasteiger partial charge in [0.1, 0.15) is 5.49 Å². The largest absolute Gasteiger partial charge is 0.475 e. The number of aryl methyl sites for hydroxylation is 1. The molecule has 124 valence electrons. The van der Waals surface area contributed by atoms with Crippen LogP contribution in [0.1, 0.15) is 5.69 Å². The summed E-state index contributed by atoms with van der Waals surface area (Å²) in [6.07, 6.45) is 1.49. The number of carbonyl (C=O) groups is 1. The van der Waals surface area contributed by atoms with Crippen molar-refractivity contribution >= 4 is 11.8 Å². The van der Waals surface area contributed by atoms with Gasteiger partial charge in [0.2, 0.25) is 5.84 Å². The van der Waals surface area contributed by atoms with Gasteiger partial charge in [0.05, 0.1) is 5.69 Å². The molecule has 0 fully saturated rings. The molecule has 3 N–H and O–H groups in total. The summed E-state index contributed by atoms with van der Waals surface area (Å²) in [6, 6.07) is 16.6. The molecule has 0 atom stereocenters. The lowest BCUT2D eigenvalue weighted by Gasteiger charge is -2.12. The lowest BCUT2D eigenvalue weighted by molar-refractivity contribution is -0.129. The second kappa shape index (κ2) is 6.52. The molecule has 0 aliphatic heterocycles. The SMILES string of the molecule is Cc1cccc(-c2ccccc2-c2ccc(=N)n(C(=N)C(=O)O)c2)n1. The maximum atomic E-state index is 11.1. The van der Waals surface area contributed by atoms with Crippen LogP contribution < -0.4 is 5.49 Å². The van der Waals surface area contributed by atoms with Crippen molar-refractivity contribution in [3.63, 3.8) is 0 Å². The Balaban J connectivity index is 2.19. The maximum absolute atomic E-state index is 11.1. The van der Waals surface area contributed by atoms with E-state index in [4.69, 9.17) is 15.9 Å². The molecule has 1 aromatic carbocycles. The third kappa shape index (κ3) is 3.23. The average molecular weight is 332 g/mol. The molecule has 3 rings (SSSR count). The summed E-state index contributed by atoms with van der Waals surface area (Å²) in [6.45, 7) is 1.92. The molecule has 3 aromatic rings. The number of rotatable bonds is 2. The molecule has 6 nitrogen and oxygen atoms in total. The van der Waals surface area contributed by atoms with Gasteiger partial charge in [-0.15, -0.1) is 0 Å². The summed E-state index contributed by atoms with van der Waals surface area (Å²) in [5, 5.41) is 24.6. The highest BCUT2D eigenvalue weighted by atomic mass is 16.4. The summed E-state index contributed by atoms with van der Waals surface area (Å²) in [4.78, 5) is 15.6. The Bertz CT molecular complexity index is 1040. The third-order valence-corrected chi connectivity index (χ3v) is 3.79. The number of aromatic nitrogens is 2. The zero-order valence-electron chi connectivity index (χ0n) is 13.5. The van der Waals surface area contributed by atoms with Crippen LogP contribution in [0.5, 0.6) is 0 Å². The molecule has 0 saturated carbocycles. The van der Waals surface area contributed by atoms with Gasteiger partial charge in [-0.2, -0.15) is 0 Å². The molecule has 0 bridgehead atoms. The molecule has 0 amide bonds. The first-order chi connectivity index (χ1) is 12.0. The zero-order valence-corrected chi connectivity index (χ0v) is 13.5. The minimum Gasteiger partial charge on any atom is -0.475 e. The Kier molecular flexibility index (Phi) is 4.26. The van der Waals surface area contributed by atoms with E-state index < -0.39 is 11.8 Å². The quantitative estimate of drug-likeness (QED) is 0.496. The number of nitrogens with one attached hydrogen (secondary N) is 2. The Morgan fingerprint density at radius 1 is 1.04 bits per heavy atom. The molecule has 2 heterocycles. The predicted molar refractivity (Wildman–Crippen MR) is 94.5 cm³/mol. The number of benzene rings is 1. The highest BCUT2D eigenvalue weighted by Crippen LogP contribution is 2.30. The van der Waals surface area contributed by atoms with Crippen LogP contribution in [-0.4, -0.2) is 26.5 Å². The van der Waals surface area contributed by atoms with Crippen molar-refractivity contribution in [2.24, 2.45) is 0 Å². The van der Waals surface area contributed by atoms with Crippen LogP contribution in [0.25, 0.3) is 22.4 Å². The first kappa shape index (κ1) is 16.3. The highest BCUT2D eigenvalue weighted by Gasteiger charge is 2.13. The van der Waals surface area contributed by atoms with Gasteiger partial charge < -0.3 is 5.11 Å². The highest BCUT2D eigenvalue weighted by molar-refractivity contribution is 6.33. The third-order valence-electron chi connectivity index (χ3n) is 3.79. The number of hydrogen-bond acceptors (Lipinski definition) is 4. The van der Waals surface area contributed by atoms with E-state index in [-0.39, 0.29) is 5.49 Å². The molecule has 0 aliphatic carbocycles. The fourth-order valence-corrected chi connectivity index (χ4v) is 2.60. The smallest absolute Gasteiger partial charge is 0.371 e. The molecule has 0 radical (unpaired) electrons. The van der Waals surface area contributed by atoms with Crippen LogP contribution in [0, 0.1) is 17.7 Å². The predicted octanol–water partition coefficient (Wildman–Crippen LogP) is 2.91. The standard InChI is InChI=1S/C19H16N4O2/c1-12-5-4-8-16(22-12)15-7-3-2-6-14(15)13-9-10-17(20)23(11-13)18(21)19(24)25/h2-11,20-21H,1H3,(H,24,25). The summed E-state index contributed by atoms with van der Waals surface area (Å²) >= 11 is 0. The van der Waals surface area contributed by atoms with Crippen molar-refractivity contribution in [2.45, 2.75) is 6.92 Å². The molecule has 0 saturated heterocycles. The van der Waals surface area contributed by atoms with Crippen LogP contribution in [-0.2, 0) is 4.79 Å². The van der Waals surface area contributed by atoms with Crippen molar-refractivity contribution < 1.29 is 9.90 Å². The topological polar surface area (TPSA) is 103 Å². The number of pyridine rings is 2. The van der Waals surface area contributed by atoms with Gasteiger partial charge in [0.15, 0.2) is 0 Å². The zero-order chi connectivity index (χ0) is 18.0. The Labute approximate surface area is 144 Å². The second-order valence-corrected chi connectivity index (χ2v) is 5.54. The normalized spacial score (nSPS) is 10.4. The van der Waals surface area contributed by atoms with Crippen LogP contribution in [0.2, 0.25) is 0 Å². The first-order valence-electron chi connectivity index (χ1n) is 7.60. The number of carboxylic acids is 1. The molecule has 0 unspecified atom stereocenters. The average Bonchev–Trinajstić information content (AvgIpc) is 2.61. The Hall–Kier alpha value is -3.54. The van der Waals surface area contributed by atoms with E-state index in [1.807, 2.05) is 49.4 Å². The molecule has 0 aliphatic rings. The van der Waals surface area contributed by atoms with Crippen LogP contribution in [0.3, 0.4) is 0 Å². The van der Waals surface area contributed by atoms with Crippen molar-refractivity contribution in [1.82, 2.24) is 9.55 Å². The molecule has 2 aromatic heterocycles. The molecule has 25 heavy (non-hydrogen) atoms. The van der Waals surface area contributed by atoms with Gasteiger partial charge in [-0.25, -0.2) is 4.79 Å². The van der Waals surface area contributed by atoms with Gasteiger partial charge in [0.25, 0.3) is 0 Å². The van der Waals surface area contributed by atoms with Gasteiger partial charge in [-0.05, 0) is 42.3 Å². The van der Waals surface area contributed by atoms with Gasteiger partial charge in [-0.1, -0.05) is 30.3 Å². The summed E-state index contributed by atoms with van der Waals surface area (Å²) in [5.74, 6) is -2.05. The first-order valence-corrected chi connectivity index (χ1v) is 7.60. The van der Waals surface area contributed by atoms with Crippen molar-refractivity contribution in [3.05, 3.63) is 72.0 Å². The molecular formula is C19H16N4O2. The second-order valence-electron chi connectivity index (χ2n) is 5.54. The van der Waals surface area contributed by atoms with Gasteiger partial charge in [-0.3, -0.25) is 20.4 Å². The fraction of sp³-hybridized carbons (Fsp3) is 0.0526. The van der Waals surface area contributed by atoms with Crippen LogP contribution in [0.4, 0.5) is 0 Å². The van der Waals surface area contributed by atoms with E-state index >= 15 is 0 Å². The summed E-state index contributed by atoms with van der Waals surface area (Å²) in [5.41, 5.74) is 4.11. The van der Waals surface area contributed by atoms with Gasteiger partial charge >= 0.3 is 5.97 Å². The van der Waals surface area contributed by atoms with E-state index in [9.17, 15) is 4.79 Å². The molecular weight excluding hydrogens is 316 g/mol. The van der Waals surface area contributed by atoms with Crippen molar-refractivity contribution in [1.29, 1.82) is 10.8 Å². The van der Waals surface area contributed by atoms with E-state index in [0.717, 1.165) is 27.1 Å². The van der Waals surface area contributed by atoms with Crippen molar-refractivity contribution in [2.75, 3.05) is 0 Å². The minimum atomic E-state index is -1.38. The monoisotopic (exact) mass is 332 g/mol. The molecule has 0 spiro atoms. The Morgan fingerprint density at radius 3 is 2.44 bits per heavy atom. The van der Waals surface area contributed by atoms with E-state index in [1.54, 1.807) is 6.07 Å². The number of hydrogen-bond donors (Lipinski definition) is 3. The van der Waals surface area contributed by atoms with E-state index in [0.29, 0.717) is 5.56 Å². The number of aliphatic carboxylic acids is 1. The van der Waals surface area contributed by atoms with E-state index in [1.165, 1.54) is 12.3 Å². The summed E-state index contributed by atoms with van der Waals surface area (Å²) < 4.78 is 1.04. The number of nitrogens with zero attached hydrogens (tertiary/aromatic N) is 2. The summed E-state index contributed by atoms with van der Waals surface area (Å²) in [7, 11) is 0. The van der Waals surface area contributed by atoms with Crippen molar-refractivity contribution in [3.8, 4) is 22.4 Å². The van der Waals surface area contributed by atoms with Gasteiger partial charge in [0, 0.05) is 17.5 Å². The lowest BCUT2D eigenvalue weighted by Crippen LogP contribution is -2.31. The van der Waals surface area contributed by atoms with E-state index in [2.05, 4.69) is 4.98 Å². The minimum absolute atomic E-state index is 0.0673. The van der Waals surface area contributed by atoms with Crippen LogP contribution in [0.15, 0.2) is 60.8 Å². The number of carboxylic acid groups (broad SMARTS) is 1. The lowest BCUT2D eigenvalue weighted by atomic mass is 9.98. The molecule has 6 heteroatoms. The van der Waals surface area contributed by atoms with Crippen LogP contribution >= 0.6 is 0 Å². The Morgan fingerprint density at radius 2 is 1.76 bits per heavy atom. The fourth-order valence-electron chi connectivity index (χ4n) is 2.60. The maximum Gasteiger partial charge on any atom is 0.371 e.